The number of hydrogen-bond donors (Lipinski definition) is 1. The Balaban J connectivity index is 1.65. The monoisotopic (exact) mass is 333 g/mol. The van der Waals surface area contributed by atoms with Crippen molar-refractivity contribution in [2.75, 3.05) is 10.8 Å². The van der Waals surface area contributed by atoms with Crippen molar-refractivity contribution in [3.63, 3.8) is 0 Å². The number of sulfonamides is 1. The van der Waals surface area contributed by atoms with Gasteiger partial charge in [0.2, 0.25) is 0 Å². The van der Waals surface area contributed by atoms with Gasteiger partial charge in [-0.05, 0) is 56.9 Å². The smallest absolute Gasteiger partial charge is 0.265 e. The second-order valence-electron chi connectivity index (χ2n) is 6.12. The number of benzene rings is 1. The Morgan fingerprint density at radius 2 is 2.00 bits per heavy atom. The molecule has 1 aliphatic carbocycles. The summed E-state index contributed by atoms with van der Waals surface area (Å²) in [6.07, 6.45) is 4.12. The first kappa shape index (κ1) is 14.6. The molecule has 0 radical (unpaired) electrons. The highest BCUT2D eigenvalue weighted by molar-refractivity contribution is 7.92. The number of nitrogens with one attached hydrogen (secondary N) is 1. The molecule has 0 atom stereocenters. The van der Waals surface area contributed by atoms with Crippen molar-refractivity contribution < 1.29 is 13.2 Å². The van der Waals surface area contributed by atoms with Crippen molar-refractivity contribution in [1.29, 1.82) is 0 Å². The molecule has 2 aromatic rings. The topological polar surface area (TPSA) is 75.3 Å². The standard InChI is InChI=1S/C16H19N3O3S/c1-11-15-3-2-10-19(16(15)18-17-11)23(20,21)14-8-6-13(7-9-14)22-12-4-5-12/h6-9,12H,2-5,10H2,1H3,(H,17,18). The number of aromatic nitrogens is 2. The van der Waals surface area contributed by atoms with Crippen LogP contribution in [0, 0.1) is 6.92 Å². The number of hydrogen-bond acceptors (Lipinski definition) is 4. The summed E-state index contributed by atoms with van der Waals surface area (Å²) in [5.74, 6) is 1.26. The first-order chi connectivity index (χ1) is 11.1. The lowest BCUT2D eigenvalue weighted by atomic mass is 10.1. The lowest BCUT2D eigenvalue weighted by Gasteiger charge is -2.27. The predicted octanol–water partition coefficient (Wildman–Crippen LogP) is 2.40. The van der Waals surface area contributed by atoms with E-state index in [2.05, 4.69) is 10.2 Å². The first-order valence-corrected chi connectivity index (χ1v) is 9.33. The number of nitrogens with zero attached hydrogens (tertiary/aromatic N) is 2. The summed E-state index contributed by atoms with van der Waals surface area (Å²) in [5.41, 5.74) is 1.93. The molecule has 1 aliphatic heterocycles. The number of aryl methyl sites for hydroxylation is 1. The third kappa shape index (κ3) is 2.59. The van der Waals surface area contributed by atoms with Crippen molar-refractivity contribution in [1.82, 2.24) is 10.2 Å². The second kappa shape index (κ2) is 5.26. The Labute approximate surface area is 135 Å². The summed E-state index contributed by atoms with van der Waals surface area (Å²) in [6, 6.07) is 6.68. The van der Waals surface area contributed by atoms with E-state index in [-0.39, 0.29) is 4.90 Å². The fourth-order valence-corrected chi connectivity index (χ4v) is 4.36. The Bertz CT molecular complexity index is 823. The minimum Gasteiger partial charge on any atom is -0.490 e. The van der Waals surface area contributed by atoms with Crippen LogP contribution in [-0.2, 0) is 16.4 Å². The minimum absolute atomic E-state index is 0.272. The van der Waals surface area contributed by atoms with Crippen LogP contribution < -0.4 is 9.04 Å². The summed E-state index contributed by atoms with van der Waals surface area (Å²) in [5, 5.41) is 7.09. The number of H-pyrrole nitrogens is 1. The maximum atomic E-state index is 12.9. The van der Waals surface area contributed by atoms with Gasteiger partial charge in [-0.3, -0.25) is 5.10 Å². The van der Waals surface area contributed by atoms with Gasteiger partial charge in [-0.2, -0.15) is 5.10 Å². The molecular weight excluding hydrogens is 314 g/mol. The quantitative estimate of drug-likeness (QED) is 0.932. The third-order valence-corrected chi connectivity index (χ3v) is 6.12. The van der Waals surface area contributed by atoms with Gasteiger partial charge in [0.25, 0.3) is 10.0 Å². The molecule has 1 aromatic carbocycles. The molecule has 1 fully saturated rings. The SMILES string of the molecule is Cc1[nH]nc2c1CCCN2S(=O)(=O)c1ccc(OC2CC2)cc1. The molecule has 1 saturated carbocycles. The number of rotatable bonds is 4. The zero-order valence-corrected chi connectivity index (χ0v) is 13.8. The fraction of sp³-hybridized carbons (Fsp3) is 0.438. The molecule has 2 heterocycles. The number of fused-ring (bicyclic) bond motifs is 1. The van der Waals surface area contributed by atoms with Gasteiger partial charge in [0.15, 0.2) is 5.82 Å². The zero-order valence-electron chi connectivity index (χ0n) is 12.9. The molecule has 0 unspecified atom stereocenters. The van der Waals surface area contributed by atoms with Gasteiger partial charge in [-0.15, -0.1) is 0 Å². The van der Waals surface area contributed by atoms with Crippen LogP contribution in [0.5, 0.6) is 5.75 Å². The Kier molecular flexibility index (Phi) is 3.33. The summed E-state index contributed by atoms with van der Waals surface area (Å²) >= 11 is 0. The van der Waals surface area contributed by atoms with Crippen molar-refractivity contribution in [3.05, 3.63) is 35.5 Å². The van der Waals surface area contributed by atoms with Crippen LogP contribution >= 0.6 is 0 Å². The summed E-state index contributed by atoms with van der Waals surface area (Å²) in [7, 11) is -3.60. The number of anilines is 1. The average molecular weight is 333 g/mol. The molecule has 2 aliphatic rings. The van der Waals surface area contributed by atoms with Crippen LogP contribution in [0.4, 0.5) is 5.82 Å². The average Bonchev–Trinajstić information content (AvgIpc) is 3.29. The maximum Gasteiger partial charge on any atom is 0.265 e. The van der Waals surface area contributed by atoms with E-state index in [1.165, 1.54) is 4.31 Å². The lowest BCUT2D eigenvalue weighted by molar-refractivity contribution is 0.303. The number of ether oxygens (including phenoxy) is 1. The van der Waals surface area contributed by atoms with Gasteiger partial charge < -0.3 is 4.74 Å². The predicted molar refractivity (Wildman–Crippen MR) is 86.3 cm³/mol. The van der Waals surface area contributed by atoms with E-state index >= 15 is 0 Å². The molecule has 0 amide bonds. The van der Waals surface area contributed by atoms with Crippen LogP contribution in [0.15, 0.2) is 29.2 Å². The molecule has 0 saturated heterocycles. The molecule has 122 valence electrons. The molecule has 4 rings (SSSR count). The van der Waals surface area contributed by atoms with Crippen LogP contribution in [0.2, 0.25) is 0 Å². The van der Waals surface area contributed by atoms with Crippen molar-refractivity contribution >= 4 is 15.8 Å². The van der Waals surface area contributed by atoms with E-state index in [0.29, 0.717) is 18.5 Å². The van der Waals surface area contributed by atoms with Crippen molar-refractivity contribution in [3.8, 4) is 5.75 Å². The third-order valence-electron chi connectivity index (χ3n) is 4.32. The molecular formula is C16H19N3O3S. The van der Waals surface area contributed by atoms with Gasteiger partial charge in [0.1, 0.15) is 5.75 Å². The largest absolute Gasteiger partial charge is 0.490 e. The van der Waals surface area contributed by atoms with E-state index in [1.54, 1.807) is 24.3 Å². The molecule has 23 heavy (non-hydrogen) atoms. The molecule has 0 bridgehead atoms. The van der Waals surface area contributed by atoms with Crippen molar-refractivity contribution in [2.24, 2.45) is 0 Å². The fourth-order valence-electron chi connectivity index (χ4n) is 2.88. The summed E-state index contributed by atoms with van der Waals surface area (Å²) in [4.78, 5) is 0.272. The van der Waals surface area contributed by atoms with E-state index < -0.39 is 10.0 Å². The van der Waals surface area contributed by atoms with Gasteiger partial charge in [0.05, 0.1) is 11.0 Å². The van der Waals surface area contributed by atoms with Crippen LogP contribution in [0.1, 0.15) is 30.5 Å². The highest BCUT2D eigenvalue weighted by Crippen LogP contribution is 2.33. The Hall–Kier alpha value is -2.02. The van der Waals surface area contributed by atoms with Gasteiger partial charge >= 0.3 is 0 Å². The first-order valence-electron chi connectivity index (χ1n) is 7.89. The summed E-state index contributed by atoms with van der Waals surface area (Å²) in [6.45, 7) is 2.38. The molecule has 6 nitrogen and oxygen atoms in total. The zero-order chi connectivity index (χ0) is 16.0. The van der Waals surface area contributed by atoms with E-state index in [9.17, 15) is 8.42 Å². The van der Waals surface area contributed by atoms with E-state index in [0.717, 1.165) is 42.7 Å². The molecule has 1 N–H and O–H groups in total. The summed E-state index contributed by atoms with van der Waals surface area (Å²) < 4.78 is 33.0. The van der Waals surface area contributed by atoms with Gasteiger partial charge in [-0.25, -0.2) is 12.7 Å². The maximum absolute atomic E-state index is 12.9. The lowest BCUT2D eigenvalue weighted by Crippen LogP contribution is -2.35. The molecule has 1 aromatic heterocycles. The highest BCUT2D eigenvalue weighted by Gasteiger charge is 2.32. The van der Waals surface area contributed by atoms with Crippen molar-refractivity contribution in [2.45, 2.75) is 43.6 Å². The number of aromatic amines is 1. The van der Waals surface area contributed by atoms with Gasteiger partial charge in [-0.1, -0.05) is 0 Å². The molecule has 7 heteroatoms. The second-order valence-corrected chi connectivity index (χ2v) is 7.98. The van der Waals surface area contributed by atoms with Crippen LogP contribution in [0.3, 0.4) is 0 Å². The van der Waals surface area contributed by atoms with E-state index in [4.69, 9.17) is 4.74 Å². The normalized spacial score (nSPS) is 17.9. The van der Waals surface area contributed by atoms with Crippen LogP contribution in [-0.4, -0.2) is 31.3 Å². The van der Waals surface area contributed by atoms with Crippen LogP contribution in [0.25, 0.3) is 0 Å². The minimum atomic E-state index is -3.60. The molecule has 0 spiro atoms. The Morgan fingerprint density at radius 3 is 2.70 bits per heavy atom. The Morgan fingerprint density at radius 1 is 1.26 bits per heavy atom. The van der Waals surface area contributed by atoms with E-state index in [1.807, 2.05) is 6.92 Å². The van der Waals surface area contributed by atoms with Gasteiger partial charge in [0, 0.05) is 17.8 Å². The highest BCUT2D eigenvalue weighted by atomic mass is 32.2.